The molecule has 1 heterocycles. The van der Waals surface area contributed by atoms with Crippen LogP contribution in [-0.4, -0.2) is 17.9 Å². The smallest absolute Gasteiger partial charge is 0.235 e. The molecule has 0 aliphatic heterocycles. The van der Waals surface area contributed by atoms with Gasteiger partial charge in [0.2, 0.25) is 5.91 Å². The van der Waals surface area contributed by atoms with Crippen molar-refractivity contribution in [2.75, 3.05) is 11.9 Å². The number of pyridine rings is 1. The molecule has 0 N–H and O–H groups in total. The molecule has 1 aliphatic carbocycles. The summed E-state index contributed by atoms with van der Waals surface area (Å²) in [6.07, 6.45) is 3.58. The first-order chi connectivity index (χ1) is 9.66. The lowest BCUT2D eigenvalue weighted by Gasteiger charge is -2.20. The van der Waals surface area contributed by atoms with Crippen LogP contribution in [0, 0.1) is 0 Å². The Balaban J connectivity index is 1.85. The lowest BCUT2D eigenvalue weighted by molar-refractivity contribution is -0.119. The van der Waals surface area contributed by atoms with Gasteiger partial charge >= 0.3 is 0 Å². The molecule has 4 heteroatoms. The van der Waals surface area contributed by atoms with Crippen LogP contribution in [0.15, 0.2) is 47.1 Å². The topological polar surface area (TPSA) is 33.2 Å². The predicted octanol–water partition coefficient (Wildman–Crippen LogP) is 3.54. The molecule has 0 fully saturated rings. The molecule has 1 aliphatic rings. The Morgan fingerprint density at radius 1 is 1.30 bits per heavy atom. The third-order valence-electron chi connectivity index (χ3n) is 3.82. The minimum absolute atomic E-state index is 0.0401. The molecule has 1 aromatic carbocycles. The van der Waals surface area contributed by atoms with Crippen molar-refractivity contribution < 1.29 is 4.79 Å². The zero-order valence-corrected chi connectivity index (χ0v) is 12.8. The van der Waals surface area contributed by atoms with Crippen LogP contribution < -0.4 is 4.90 Å². The summed E-state index contributed by atoms with van der Waals surface area (Å²) in [5, 5.41) is 0. The van der Waals surface area contributed by atoms with E-state index in [-0.39, 0.29) is 11.8 Å². The molecule has 0 radical (unpaired) electrons. The summed E-state index contributed by atoms with van der Waals surface area (Å²) in [5.74, 6) is 0.758. The third-order valence-corrected chi connectivity index (χ3v) is 4.29. The summed E-state index contributed by atoms with van der Waals surface area (Å²) < 4.78 is 0.910. The van der Waals surface area contributed by atoms with Gasteiger partial charge < -0.3 is 0 Å². The second kappa shape index (κ2) is 5.37. The highest BCUT2D eigenvalue weighted by molar-refractivity contribution is 9.10. The van der Waals surface area contributed by atoms with Gasteiger partial charge in [0.1, 0.15) is 5.82 Å². The zero-order valence-electron chi connectivity index (χ0n) is 11.2. The van der Waals surface area contributed by atoms with Crippen molar-refractivity contribution in [1.82, 2.24) is 4.98 Å². The van der Waals surface area contributed by atoms with E-state index in [9.17, 15) is 4.79 Å². The van der Waals surface area contributed by atoms with Gasteiger partial charge in [0, 0.05) is 17.7 Å². The number of hydrogen-bond acceptors (Lipinski definition) is 2. The van der Waals surface area contributed by atoms with Crippen LogP contribution in [-0.2, 0) is 11.2 Å². The molecule has 1 atom stereocenters. The summed E-state index contributed by atoms with van der Waals surface area (Å²) in [6, 6.07) is 12.0. The van der Waals surface area contributed by atoms with E-state index in [2.05, 4.69) is 33.0 Å². The number of fused-ring (bicyclic) bond motifs is 1. The van der Waals surface area contributed by atoms with Crippen molar-refractivity contribution >= 4 is 27.7 Å². The SMILES string of the molecule is CN(C(=O)[C@@H]1CCc2ccccc21)c1ccc(Br)cn1. The molecule has 0 spiro atoms. The number of rotatable bonds is 2. The Morgan fingerprint density at radius 2 is 2.10 bits per heavy atom. The van der Waals surface area contributed by atoms with Gasteiger partial charge in [0.25, 0.3) is 0 Å². The van der Waals surface area contributed by atoms with Gasteiger partial charge in [0.15, 0.2) is 0 Å². The van der Waals surface area contributed by atoms with Crippen LogP contribution in [0.25, 0.3) is 0 Å². The minimum atomic E-state index is -0.0401. The summed E-state index contributed by atoms with van der Waals surface area (Å²) in [5.41, 5.74) is 2.46. The van der Waals surface area contributed by atoms with Gasteiger partial charge in [0.05, 0.1) is 5.92 Å². The Bertz CT molecular complexity index is 639. The first-order valence-corrected chi connectivity index (χ1v) is 7.43. The van der Waals surface area contributed by atoms with Crippen molar-refractivity contribution in [3.63, 3.8) is 0 Å². The molecule has 3 rings (SSSR count). The average Bonchev–Trinajstić information content (AvgIpc) is 2.90. The molecular weight excluding hydrogens is 316 g/mol. The highest BCUT2D eigenvalue weighted by Gasteiger charge is 2.30. The molecule has 0 unspecified atom stereocenters. The van der Waals surface area contributed by atoms with Crippen molar-refractivity contribution in [2.24, 2.45) is 0 Å². The number of carbonyl (C=O) groups is 1. The lowest BCUT2D eigenvalue weighted by Crippen LogP contribution is -2.31. The number of likely N-dealkylation sites (N-methyl/N-ethyl adjacent to an activating group) is 1. The molecular formula is C16H15BrN2O. The van der Waals surface area contributed by atoms with Crippen molar-refractivity contribution in [1.29, 1.82) is 0 Å². The third kappa shape index (κ3) is 2.36. The number of benzene rings is 1. The molecule has 3 nitrogen and oxygen atoms in total. The van der Waals surface area contributed by atoms with Gasteiger partial charge in [-0.2, -0.15) is 0 Å². The lowest BCUT2D eigenvalue weighted by atomic mass is 10.00. The minimum Gasteiger partial charge on any atom is -0.299 e. The monoisotopic (exact) mass is 330 g/mol. The Hall–Kier alpha value is -1.68. The molecule has 20 heavy (non-hydrogen) atoms. The first kappa shape index (κ1) is 13.3. The molecule has 0 saturated carbocycles. The molecule has 1 aromatic heterocycles. The van der Waals surface area contributed by atoms with E-state index >= 15 is 0 Å². The van der Waals surface area contributed by atoms with E-state index in [1.807, 2.05) is 24.3 Å². The quantitative estimate of drug-likeness (QED) is 0.843. The number of hydrogen-bond donors (Lipinski definition) is 0. The zero-order chi connectivity index (χ0) is 14.1. The number of amides is 1. The normalized spacial score (nSPS) is 16.8. The molecule has 2 aromatic rings. The van der Waals surface area contributed by atoms with Gasteiger partial charge in [-0.3, -0.25) is 9.69 Å². The van der Waals surface area contributed by atoms with Crippen LogP contribution >= 0.6 is 15.9 Å². The van der Waals surface area contributed by atoms with Crippen LogP contribution in [0.4, 0.5) is 5.82 Å². The van der Waals surface area contributed by atoms with Crippen molar-refractivity contribution in [2.45, 2.75) is 18.8 Å². The van der Waals surface area contributed by atoms with Gasteiger partial charge in [-0.15, -0.1) is 0 Å². The summed E-state index contributed by atoms with van der Waals surface area (Å²) >= 11 is 3.35. The number of nitrogens with zero attached hydrogens (tertiary/aromatic N) is 2. The molecule has 1 amide bonds. The average molecular weight is 331 g/mol. The predicted molar refractivity (Wildman–Crippen MR) is 82.9 cm³/mol. The highest BCUT2D eigenvalue weighted by Crippen LogP contribution is 2.34. The van der Waals surface area contributed by atoms with E-state index in [0.29, 0.717) is 5.82 Å². The number of aromatic nitrogens is 1. The fraction of sp³-hybridized carbons (Fsp3) is 0.250. The number of anilines is 1. The van der Waals surface area contributed by atoms with E-state index < -0.39 is 0 Å². The highest BCUT2D eigenvalue weighted by atomic mass is 79.9. The molecule has 102 valence electrons. The summed E-state index contributed by atoms with van der Waals surface area (Å²) in [4.78, 5) is 18.6. The second-order valence-corrected chi connectivity index (χ2v) is 5.94. The summed E-state index contributed by atoms with van der Waals surface area (Å²) in [6.45, 7) is 0. The van der Waals surface area contributed by atoms with Crippen LogP contribution in [0.1, 0.15) is 23.5 Å². The van der Waals surface area contributed by atoms with Crippen LogP contribution in [0.2, 0.25) is 0 Å². The van der Waals surface area contributed by atoms with E-state index in [1.165, 1.54) is 11.1 Å². The molecule has 0 saturated heterocycles. The second-order valence-electron chi connectivity index (χ2n) is 5.02. The maximum Gasteiger partial charge on any atom is 0.235 e. The van der Waals surface area contributed by atoms with Gasteiger partial charge in [-0.25, -0.2) is 4.98 Å². The number of carbonyl (C=O) groups excluding carboxylic acids is 1. The maximum atomic E-state index is 12.7. The van der Waals surface area contributed by atoms with Crippen molar-refractivity contribution in [3.8, 4) is 0 Å². The standard InChI is InChI=1S/C16H15BrN2O/c1-19(15-9-7-12(17)10-18-15)16(20)14-8-6-11-4-2-3-5-13(11)14/h2-5,7,9-10,14H,6,8H2,1H3/t14-/m1/s1. The number of aryl methyl sites for hydroxylation is 1. The first-order valence-electron chi connectivity index (χ1n) is 6.64. The fourth-order valence-corrected chi connectivity index (χ4v) is 2.96. The van der Waals surface area contributed by atoms with Crippen molar-refractivity contribution in [3.05, 3.63) is 58.2 Å². The van der Waals surface area contributed by atoms with E-state index in [1.54, 1.807) is 18.1 Å². The Morgan fingerprint density at radius 3 is 2.85 bits per heavy atom. The van der Waals surface area contributed by atoms with E-state index in [0.717, 1.165) is 17.3 Å². The van der Waals surface area contributed by atoms with Crippen LogP contribution in [0.5, 0.6) is 0 Å². The van der Waals surface area contributed by atoms with E-state index in [4.69, 9.17) is 0 Å². The summed E-state index contributed by atoms with van der Waals surface area (Å²) in [7, 11) is 1.79. The van der Waals surface area contributed by atoms with Gasteiger partial charge in [-0.1, -0.05) is 24.3 Å². The van der Waals surface area contributed by atoms with Gasteiger partial charge in [-0.05, 0) is 52.0 Å². The largest absolute Gasteiger partial charge is 0.299 e. The van der Waals surface area contributed by atoms with Crippen LogP contribution in [0.3, 0.4) is 0 Å². The fourth-order valence-electron chi connectivity index (χ4n) is 2.73. The Kier molecular flexibility index (Phi) is 3.57. The molecule has 0 bridgehead atoms. The number of halogens is 1. The maximum absolute atomic E-state index is 12.7. The Labute approximate surface area is 126 Å².